The Labute approximate surface area is 210 Å². The molecule has 1 fully saturated rings. The van der Waals surface area contributed by atoms with Crippen LogP contribution in [0.25, 0.3) is 5.76 Å². The molecule has 1 saturated heterocycles. The summed E-state index contributed by atoms with van der Waals surface area (Å²) in [5, 5.41) is 11.5. The molecule has 2 heterocycles. The highest BCUT2D eigenvalue weighted by Crippen LogP contribution is 2.44. The Morgan fingerprint density at radius 1 is 1.14 bits per heavy atom. The van der Waals surface area contributed by atoms with E-state index in [9.17, 15) is 19.5 Å². The van der Waals surface area contributed by atoms with Crippen LogP contribution in [0.2, 0.25) is 0 Å². The van der Waals surface area contributed by atoms with E-state index < -0.39 is 23.7 Å². The number of aromatic nitrogens is 1. The summed E-state index contributed by atoms with van der Waals surface area (Å²) in [5.74, 6) is -1.54. The number of amides is 1. The molecule has 1 amide bonds. The summed E-state index contributed by atoms with van der Waals surface area (Å²) in [5.41, 5.74) is 1.77. The Morgan fingerprint density at radius 3 is 2.42 bits per heavy atom. The molecule has 0 saturated carbocycles. The first-order valence-electron chi connectivity index (χ1n) is 11.5. The molecule has 10 nitrogen and oxygen atoms in total. The standard InChI is InChI=1S/C26H33N3O7/c1-14-19(15(2)27-21(14)26(33)36-7)23(30)20-22(17-10-9-16(34-5)13-18(17)35-6)29(25(32)24(20)31)12-8-11-28(3)4/h9-10,13,22,27,30H,8,11-12H2,1-7H3/b23-20+. The van der Waals surface area contributed by atoms with E-state index in [2.05, 4.69) is 4.98 Å². The SMILES string of the molecule is COC(=O)c1[nH]c(C)c(/C(O)=C2\C(=O)C(=O)N(CCCN(C)C)C2c2ccc(OC)cc2OC)c1C. The second kappa shape index (κ2) is 10.9. The summed E-state index contributed by atoms with van der Waals surface area (Å²) in [6.07, 6.45) is 0.615. The van der Waals surface area contributed by atoms with E-state index in [0.717, 1.165) is 0 Å². The second-order valence-corrected chi connectivity index (χ2v) is 8.87. The van der Waals surface area contributed by atoms with Crippen molar-refractivity contribution in [3.05, 3.63) is 51.9 Å². The third-order valence-corrected chi connectivity index (χ3v) is 6.34. The quantitative estimate of drug-likeness (QED) is 0.234. The van der Waals surface area contributed by atoms with Crippen molar-refractivity contribution in [2.45, 2.75) is 26.3 Å². The Morgan fingerprint density at radius 2 is 1.83 bits per heavy atom. The molecule has 1 unspecified atom stereocenters. The van der Waals surface area contributed by atoms with Crippen molar-refractivity contribution >= 4 is 23.4 Å². The van der Waals surface area contributed by atoms with Gasteiger partial charge in [-0.2, -0.15) is 0 Å². The maximum Gasteiger partial charge on any atom is 0.354 e. The molecule has 2 N–H and O–H groups in total. The van der Waals surface area contributed by atoms with Gasteiger partial charge in [-0.1, -0.05) is 0 Å². The Hall–Kier alpha value is -3.79. The Balaban J connectivity index is 2.25. The Kier molecular flexibility index (Phi) is 8.09. The number of aliphatic hydroxyl groups is 1. The number of nitrogens with zero attached hydrogens (tertiary/aromatic N) is 2. The molecule has 0 spiro atoms. The highest BCUT2D eigenvalue weighted by Gasteiger charge is 2.47. The van der Waals surface area contributed by atoms with Crippen LogP contribution in [0.4, 0.5) is 0 Å². The van der Waals surface area contributed by atoms with E-state index in [1.807, 2.05) is 19.0 Å². The molecular weight excluding hydrogens is 466 g/mol. The molecule has 10 heteroatoms. The van der Waals surface area contributed by atoms with Gasteiger partial charge in [0.15, 0.2) is 0 Å². The predicted molar refractivity (Wildman–Crippen MR) is 133 cm³/mol. The monoisotopic (exact) mass is 499 g/mol. The number of ketones is 1. The lowest BCUT2D eigenvalue weighted by atomic mass is 9.93. The van der Waals surface area contributed by atoms with Crippen molar-refractivity contribution in [3.63, 3.8) is 0 Å². The fourth-order valence-electron chi connectivity index (χ4n) is 4.58. The van der Waals surface area contributed by atoms with Crippen molar-refractivity contribution in [2.24, 2.45) is 0 Å². The third kappa shape index (κ3) is 4.81. The van der Waals surface area contributed by atoms with Crippen LogP contribution in [0, 0.1) is 13.8 Å². The van der Waals surface area contributed by atoms with Crippen LogP contribution in [-0.4, -0.2) is 86.1 Å². The first-order chi connectivity index (χ1) is 17.1. The number of ether oxygens (including phenoxy) is 3. The van der Waals surface area contributed by atoms with Crippen molar-refractivity contribution in [1.82, 2.24) is 14.8 Å². The first kappa shape index (κ1) is 26.8. The summed E-state index contributed by atoms with van der Waals surface area (Å²) in [6, 6.07) is 4.19. The maximum absolute atomic E-state index is 13.4. The zero-order valence-corrected chi connectivity index (χ0v) is 21.7. The van der Waals surface area contributed by atoms with E-state index >= 15 is 0 Å². The lowest BCUT2D eigenvalue weighted by molar-refractivity contribution is -0.140. The van der Waals surface area contributed by atoms with Crippen LogP contribution in [0.3, 0.4) is 0 Å². The molecule has 0 radical (unpaired) electrons. The zero-order valence-electron chi connectivity index (χ0n) is 21.7. The molecule has 1 aromatic carbocycles. The van der Waals surface area contributed by atoms with Gasteiger partial charge in [-0.15, -0.1) is 0 Å². The number of rotatable bonds is 9. The van der Waals surface area contributed by atoms with Crippen LogP contribution in [-0.2, 0) is 14.3 Å². The van der Waals surface area contributed by atoms with Gasteiger partial charge in [-0.05, 0) is 58.6 Å². The van der Waals surface area contributed by atoms with Crippen molar-refractivity contribution in [3.8, 4) is 11.5 Å². The number of likely N-dealkylation sites (tertiary alicyclic amines) is 1. The number of benzene rings is 1. The second-order valence-electron chi connectivity index (χ2n) is 8.87. The molecule has 1 atom stereocenters. The van der Waals surface area contributed by atoms with Crippen molar-refractivity contribution in [2.75, 3.05) is 48.5 Å². The minimum atomic E-state index is -0.900. The average Bonchev–Trinajstić information content (AvgIpc) is 3.29. The summed E-state index contributed by atoms with van der Waals surface area (Å²) < 4.78 is 15.7. The zero-order chi connectivity index (χ0) is 26.7. The summed E-state index contributed by atoms with van der Waals surface area (Å²) in [7, 11) is 8.12. The number of nitrogens with one attached hydrogen (secondary N) is 1. The Bertz CT molecular complexity index is 1210. The smallest absolute Gasteiger partial charge is 0.354 e. The average molecular weight is 500 g/mol. The lowest BCUT2D eigenvalue weighted by Crippen LogP contribution is -2.32. The van der Waals surface area contributed by atoms with E-state index in [4.69, 9.17) is 14.2 Å². The minimum Gasteiger partial charge on any atom is -0.507 e. The van der Waals surface area contributed by atoms with Gasteiger partial charge in [-0.3, -0.25) is 9.59 Å². The van der Waals surface area contributed by atoms with E-state index in [1.54, 1.807) is 32.0 Å². The molecule has 0 bridgehead atoms. The molecular formula is C26H33N3O7. The van der Waals surface area contributed by atoms with Crippen molar-refractivity contribution < 1.29 is 33.7 Å². The molecule has 0 aliphatic carbocycles. The van der Waals surface area contributed by atoms with Crippen LogP contribution >= 0.6 is 0 Å². The van der Waals surface area contributed by atoms with Gasteiger partial charge >= 0.3 is 5.97 Å². The molecule has 3 rings (SSSR count). The van der Waals surface area contributed by atoms with Gasteiger partial charge in [0.25, 0.3) is 11.7 Å². The number of hydrogen-bond acceptors (Lipinski definition) is 8. The summed E-state index contributed by atoms with van der Waals surface area (Å²) in [6.45, 7) is 4.30. The molecule has 36 heavy (non-hydrogen) atoms. The van der Waals surface area contributed by atoms with E-state index in [-0.39, 0.29) is 29.1 Å². The lowest BCUT2D eigenvalue weighted by Gasteiger charge is -2.27. The predicted octanol–water partition coefficient (Wildman–Crippen LogP) is 2.81. The molecule has 2 aromatic rings. The topological polar surface area (TPSA) is 121 Å². The first-order valence-corrected chi connectivity index (χ1v) is 11.5. The fraction of sp³-hybridized carbons (Fsp3) is 0.423. The van der Waals surface area contributed by atoms with Crippen LogP contribution in [0.1, 0.15) is 45.3 Å². The molecule has 194 valence electrons. The normalized spacial score (nSPS) is 17.1. The number of carbonyl (C=O) groups is 3. The number of hydrogen-bond donors (Lipinski definition) is 2. The van der Waals surface area contributed by atoms with Gasteiger partial charge in [0, 0.05) is 29.4 Å². The van der Waals surface area contributed by atoms with Gasteiger partial charge in [0.1, 0.15) is 23.0 Å². The van der Waals surface area contributed by atoms with E-state index in [1.165, 1.54) is 26.2 Å². The number of aliphatic hydroxyl groups excluding tert-OH is 1. The molecule has 1 aromatic heterocycles. The molecule has 1 aliphatic heterocycles. The number of esters is 1. The fourth-order valence-corrected chi connectivity index (χ4v) is 4.58. The summed E-state index contributed by atoms with van der Waals surface area (Å²) >= 11 is 0. The number of aryl methyl sites for hydroxylation is 1. The number of H-pyrrole nitrogens is 1. The third-order valence-electron chi connectivity index (χ3n) is 6.34. The number of methoxy groups -OCH3 is 3. The minimum absolute atomic E-state index is 0.0741. The van der Waals surface area contributed by atoms with Gasteiger partial charge in [-0.25, -0.2) is 4.79 Å². The molecule has 1 aliphatic rings. The van der Waals surface area contributed by atoms with Gasteiger partial charge < -0.3 is 34.1 Å². The van der Waals surface area contributed by atoms with Crippen LogP contribution in [0.15, 0.2) is 23.8 Å². The van der Waals surface area contributed by atoms with Crippen molar-refractivity contribution in [1.29, 1.82) is 0 Å². The van der Waals surface area contributed by atoms with Gasteiger partial charge in [0.05, 0.1) is 32.9 Å². The number of Topliss-reactive ketones (excluding diaryl/α,β-unsaturated/α-hetero) is 1. The summed E-state index contributed by atoms with van der Waals surface area (Å²) in [4.78, 5) is 45.2. The largest absolute Gasteiger partial charge is 0.507 e. The maximum atomic E-state index is 13.4. The van der Waals surface area contributed by atoms with Gasteiger partial charge in [0.2, 0.25) is 0 Å². The number of aromatic amines is 1. The van der Waals surface area contributed by atoms with Crippen LogP contribution in [0.5, 0.6) is 11.5 Å². The van der Waals surface area contributed by atoms with Crippen LogP contribution < -0.4 is 9.47 Å². The highest BCUT2D eigenvalue weighted by molar-refractivity contribution is 6.46. The van der Waals surface area contributed by atoms with E-state index in [0.29, 0.717) is 41.3 Å². The highest BCUT2D eigenvalue weighted by atomic mass is 16.5. The number of carbonyl (C=O) groups excluding carboxylic acids is 3.